The number of methoxy groups -OCH3 is 1. The molecule has 0 radical (unpaired) electrons. The average molecular weight is 292 g/mol. The van der Waals surface area contributed by atoms with Crippen LogP contribution in [0, 0.1) is 5.92 Å². The lowest BCUT2D eigenvalue weighted by molar-refractivity contribution is 0.128. The first kappa shape index (κ1) is 16.1. The highest BCUT2D eigenvalue weighted by molar-refractivity contribution is 5.50. The van der Waals surface area contributed by atoms with Crippen molar-refractivity contribution in [1.82, 2.24) is 5.32 Å². The second-order valence-electron chi connectivity index (χ2n) is 6.07. The summed E-state index contributed by atoms with van der Waals surface area (Å²) in [5.41, 5.74) is 1.10. The fraction of sp³-hybridized carbons (Fsp3) is 0.647. The third-order valence-corrected chi connectivity index (χ3v) is 5.04. The quantitative estimate of drug-likeness (QED) is 0.809. The van der Waals surface area contributed by atoms with Crippen molar-refractivity contribution in [3.63, 3.8) is 0 Å². The van der Waals surface area contributed by atoms with Crippen LogP contribution in [0.3, 0.4) is 0 Å². The largest absolute Gasteiger partial charge is 0.497 e. The van der Waals surface area contributed by atoms with Gasteiger partial charge in [0.05, 0.1) is 13.7 Å². The van der Waals surface area contributed by atoms with Crippen LogP contribution < -0.4 is 15.0 Å². The molecule has 0 spiro atoms. The molecule has 0 amide bonds. The number of nitrogens with one attached hydrogen (secondary N) is 1. The van der Waals surface area contributed by atoms with Gasteiger partial charge in [0.25, 0.3) is 0 Å². The molecule has 2 N–H and O–H groups in total. The smallest absolute Gasteiger partial charge is 0.120 e. The van der Waals surface area contributed by atoms with Crippen LogP contribution in [0.4, 0.5) is 5.69 Å². The van der Waals surface area contributed by atoms with Gasteiger partial charge in [-0.2, -0.15) is 0 Å². The highest BCUT2D eigenvalue weighted by atomic mass is 16.5. The number of hydrogen-bond donors (Lipinski definition) is 2. The van der Waals surface area contributed by atoms with E-state index in [9.17, 15) is 5.11 Å². The second kappa shape index (κ2) is 7.14. The van der Waals surface area contributed by atoms with Gasteiger partial charge in [0.2, 0.25) is 0 Å². The van der Waals surface area contributed by atoms with Crippen LogP contribution in [0.2, 0.25) is 0 Å². The van der Waals surface area contributed by atoms with E-state index in [2.05, 4.69) is 29.4 Å². The zero-order valence-corrected chi connectivity index (χ0v) is 13.4. The molecule has 0 saturated heterocycles. The summed E-state index contributed by atoms with van der Waals surface area (Å²) in [6.45, 7) is 1.22. The molecule has 21 heavy (non-hydrogen) atoms. The molecular formula is C17H28N2O2. The number of nitrogens with zero attached hydrogens (tertiary/aromatic N) is 1. The maximum Gasteiger partial charge on any atom is 0.120 e. The van der Waals surface area contributed by atoms with Crippen molar-refractivity contribution in [3.8, 4) is 5.75 Å². The van der Waals surface area contributed by atoms with E-state index < -0.39 is 0 Å². The number of likely N-dealkylation sites (N-methyl/N-ethyl adjacent to an activating group) is 1. The number of benzene rings is 1. The van der Waals surface area contributed by atoms with Gasteiger partial charge in [-0.15, -0.1) is 0 Å². The topological polar surface area (TPSA) is 44.7 Å². The van der Waals surface area contributed by atoms with Crippen molar-refractivity contribution in [2.75, 3.05) is 39.3 Å². The molecule has 4 nitrogen and oxygen atoms in total. The van der Waals surface area contributed by atoms with Gasteiger partial charge < -0.3 is 20.1 Å². The minimum Gasteiger partial charge on any atom is -0.497 e. The molecule has 1 aromatic carbocycles. The van der Waals surface area contributed by atoms with E-state index in [-0.39, 0.29) is 12.1 Å². The maximum atomic E-state index is 9.74. The molecule has 0 heterocycles. The van der Waals surface area contributed by atoms with E-state index in [1.165, 1.54) is 18.5 Å². The fourth-order valence-corrected chi connectivity index (χ4v) is 3.51. The molecule has 118 valence electrons. The van der Waals surface area contributed by atoms with Crippen LogP contribution >= 0.6 is 0 Å². The third kappa shape index (κ3) is 3.50. The summed E-state index contributed by atoms with van der Waals surface area (Å²) in [6, 6.07) is 8.15. The second-order valence-corrected chi connectivity index (χ2v) is 6.07. The van der Waals surface area contributed by atoms with Crippen LogP contribution in [0.25, 0.3) is 0 Å². The van der Waals surface area contributed by atoms with Crippen LogP contribution in [-0.4, -0.2) is 45.0 Å². The number of aliphatic hydroxyl groups is 1. The van der Waals surface area contributed by atoms with Gasteiger partial charge in [0.15, 0.2) is 0 Å². The minimum atomic E-state index is -0.0742. The van der Waals surface area contributed by atoms with Crippen molar-refractivity contribution >= 4 is 5.69 Å². The van der Waals surface area contributed by atoms with E-state index in [0.29, 0.717) is 5.92 Å². The first-order valence-corrected chi connectivity index (χ1v) is 7.80. The molecule has 2 rings (SSSR count). The Morgan fingerprint density at radius 1 is 1.48 bits per heavy atom. The summed E-state index contributed by atoms with van der Waals surface area (Å²) in [6.07, 6.45) is 4.57. The minimum absolute atomic E-state index is 0.0742. The fourth-order valence-electron chi connectivity index (χ4n) is 3.51. The molecule has 0 aliphatic heterocycles. The average Bonchev–Trinajstić information content (AvgIpc) is 2.96. The number of aliphatic hydroxyl groups excluding tert-OH is 1. The van der Waals surface area contributed by atoms with E-state index in [1.54, 1.807) is 7.11 Å². The summed E-state index contributed by atoms with van der Waals surface area (Å²) in [5, 5.41) is 13.1. The summed E-state index contributed by atoms with van der Waals surface area (Å²) >= 11 is 0. The van der Waals surface area contributed by atoms with Gasteiger partial charge in [0, 0.05) is 30.9 Å². The van der Waals surface area contributed by atoms with Crippen molar-refractivity contribution in [3.05, 3.63) is 24.3 Å². The molecule has 1 aromatic rings. The Hall–Kier alpha value is -1.26. The maximum absolute atomic E-state index is 9.74. The Morgan fingerprint density at radius 3 is 2.95 bits per heavy atom. The summed E-state index contributed by atoms with van der Waals surface area (Å²) < 4.78 is 5.28. The lowest BCUT2D eigenvalue weighted by atomic mass is 9.85. The van der Waals surface area contributed by atoms with Crippen molar-refractivity contribution in [2.24, 2.45) is 5.92 Å². The Balaban J connectivity index is 1.95. The lowest BCUT2D eigenvalue weighted by Gasteiger charge is -2.34. The summed E-state index contributed by atoms with van der Waals surface area (Å²) in [4.78, 5) is 2.26. The Labute approximate surface area is 128 Å². The molecule has 2 unspecified atom stereocenters. The monoisotopic (exact) mass is 292 g/mol. The van der Waals surface area contributed by atoms with E-state index in [0.717, 1.165) is 25.1 Å². The zero-order chi connectivity index (χ0) is 15.3. The molecule has 1 fully saturated rings. The van der Waals surface area contributed by atoms with Gasteiger partial charge in [-0.05, 0) is 44.4 Å². The number of hydrogen-bond acceptors (Lipinski definition) is 4. The van der Waals surface area contributed by atoms with Crippen LogP contribution in [-0.2, 0) is 0 Å². The van der Waals surface area contributed by atoms with Crippen LogP contribution in [0.1, 0.15) is 25.7 Å². The molecule has 0 aromatic heterocycles. The SMILES string of the molecule is CNC1(CO)CCCC1CCN(C)c1cccc(OC)c1. The molecule has 4 heteroatoms. The van der Waals surface area contributed by atoms with E-state index in [1.807, 2.05) is 19.2 Å². The van der Waals surface area contributed by atoms with Gasteiger partial charge in [0.1, 0.15) is 5.75 Å². The van der Waals surface area contributed by atoms with Gasteiger partial charge >= 0.3 is 0 Å². The molecule has 0 bridgehead atoms. The van der Waals surface area contributed by atoms with Gasteiger partial charge in [-0.3, -0.25) is 0 Å². The van der Waals surface area contributed by atoms with Gasteiger partial charge in [-0.1, -0.05) is 12.5 Å². The first-order chi connectivity index (χ1) is 10.1. The molecule has 1 aliphatic rings. The van der Waals surface area contributed by atoms with Crippen LogP contribution in [0.5, 0.6) is 5.75 Å². The molecule has 1 aliphatic carbocycles. The zero-order valence-electron chi connectivity index (χ0n) is 13.4. The van der Waals surface area contributed by atoms with Crippen molar-refractivity contribution in [1.29, 1.82) is 0 Å². The Morgan fingerprint density at radius 2 is 2.29 bits per heavy atom. The predicted octanol–water partition coefficient (Wildman–Crippen LogP) is 2.27. The lowest BCUT2D eigenvalue weighted by Crippen LogP contribution is -2.50. The molecular weight excluding hydrogens is 264 g/mol. The normalized spacial score (nSPS) is 25.0. The van der Waals surface area contributed by atoms with E-state index >= 15 is 0 Å². The summed E-state index contributed by atoms with van der Waals surface area (Å²) in [5.74, 6) is 1.43. The third-order valence-electron chi connectivity index (χ3n) is 5.04. The van der Waals surface area contributed by atoms with Crippen molar-refractivity contribution < 1.29 is 9.84 Å². The highest BCUT2D eigenvalue weighted by Gasteiger charge is 2.40. The van der Waals surface area contributed by atoms with Gasteiger partial charge in [-0.25, -0.2) is 0 Å². The number of rotatable bonds is 7. The predicted molar refractivity (Wildman–Crippen MR) is 87.1 cm³/mol. The Bertz CT molecular complexity index is 446. The molecule has 1 saturated carbocycles. The van der Waals surface area contributed by atoms with Crippen molar-refractivity contribution in [2.45, 2.75) is 31.2 Å². The first-order valence-electron chi connectivity index (χ1n) is 7.80. The number of anilines is 1. The van der Waals surface area contributed by atoms with E-state index in [4.69, 9.17) is 4.74 Å². The Kier molecular flexibility index (Phi) is 5.48. The molecule has 2 atom stereocenters. The number of ether oxygens (including phenoxy) is 1. The highest BCUT2D eigenvalue weighted by Crippen LogP contribution is 2.37. The standard InChI is InChI=1S/C17H28N2O2/c1-18-17(13-20)10-5-6-14(17)9-11-19(2)15-7-4-8-16(12-15)21-3/h4,7-8,12,14,18,20H,5-6,9-11,13H2,1-3H3. The summed E-state index contributed by atoms with van der Waals surface area (Å²) in [7, 11) is 5.78. The van der Waals surface area contributed by atoms with Crippen LogP contribution in [0.15, 0.2) is 24.3 Å².